The second-order valence-electron chi connectivity index (χ2n) is 8.83. The number of carbonyl (C=O) groups excluding carboxylic acids is 1. The monoisotopic (exact) mass is 499 g/mol. The summed E-state index contributed by atoms with van der Waals surface area (Å²) in [6, 6.07) is 4.69. The van der Waals surface area contributed by atoms with E-state index in [1.165, 1.54) is 21.5 Å². The fourth-order valence-corrected chi connectivity index (χ4v) is 7.38. The Hall–Kier alpha value is -2.15. The normalized spacial score (nSPS) is 15.5. The van der Waals surface area contributed by atoms with Gasteiger partial charge in [0, 0.05) is 26.7 Å². The second kappa shape index (κ2) is 10.4. The number of thioether (sulfide) groups is 1. The van der Waals surface area contributed by atoms with E-state index in [1.807, 2.05) is 0 Å². The van der Waals surface area contributed by atoms with Crippen molar-refractivity contribution in [3.8, 4) is 17.5 Å². The van der Waals surface area contributed by atoms with Gasteiger partial charge in [-0.15, -0.1) is 32.9 Å². The molecule has 0 saturated carbocycles. The van der Waals surface area contributed by atoms with Gasteiger partial charge in [-0.2, -0.15) is 5.26 Å². The van der Waals surface area contributed by atoms with Gasteiger partial charge >= 0.3 is 0 Å². The summed E-state index contributed by atoms with van der Waals surface area (Å²) in [4.78, 5) is 15.4. The summed E-state index contributed by atoms with van der Waals surface area (Å²) < 4.78 is 2.10. The summed E-state index contributed by atoms with van der Waals surface area (Å²) in [5, 5.41) is 25.1. The molecule has 3 heterocycles. The zero-order chi connectivity index (χ0) is 23.5. The maximum absolute atomic E-state index is 12.8. The Morgan fingerprint density at radius 3 is 2.97 bits per heavy atom. The fraction of sp³-hybridized carbons (Fsp3) is 0.500. The summed E-state index contributed by atoms with van der Waals surface area (Å²) in [7, 11) is 0. The van der Waals surface area contributed by atoms with Crippen LogP contribution in [-0.4, -0.2) is 26.4 Å². The van der Waals surface area contributed by atoms with Crippen LogP contribution in [0.15, 0.2) is 16.6 Å². The lowest BCUT2D eigenvalue weighted by atomic mass is 9.89. The molecular weight excluding hydrogens is 470 g/mol. The summed E-state index contributed by atoms with van der Waals surface area (Å²) in [5.41, 5.74) is 2.86. The van der Waals surface area contributed by atoms with Crippen molar-refractivity contribution in [3.63, 3.8) is 0 Å². The number of nitrogens with one attached hydrogen (secondary N) is 1. The van der Waals surface area contributed by atoms with E-state index in [2.05, 4.69) is 65.3 Å². The van der Waals surface area contributed by atoms with Crippen LogP contribution in [0.3, 0.4) is 0 Å². The third kappa shape index (κ3) is 5.18. The van der Waals surface area contributed by atoms with Gasteiger partial charge in [0.1, 0.15) is 11.1 Å². The van der Waals surface area contributed by atoms with E-state index in [0.29, 0.717) is 16.5 Å². The van der Waals surface area contributed by atoms with E-state index < -0.39 is 0 Å². The van der Waals surface area contributed by atoms with Crippen molar-refractivity contribution >= 4 is 45.3 Å². The van der Waals surface area contributed by atoms with E-state index in [-0.39, 0.29) is 17.7 Å². The molecular formula is C24H29N5OS3. The number of fused-ring (bicyclic) bond motifs is 1. The predicted molar refractivity (Wildman–Crippen MR) is 137 cm³/mol. The molecule has 0 radical (unpaired) electrons. The number of nitrogens with zero attached hydrogens (tertiary/aromatic N) is 4. The highest BCUT2D eigenvalue weighted by atomic mass is 32.2. The van der Waals surface area contributed by atoms with Crippen molar-refractivity contribution in [2.45, 2.75) is 71.0 Å². The average molecular weight is 500 g/mol. The van der Waals surface area contributed by atoms with Gasteiger partial charge in [0.15, 0.2) is 11.0 Å². The van der Waals surface area contributed by atoms with E-state index in [9.17, 15) is 10.1 Å². The molecule has 1 amide bonds. The summed E-state index contributed by atoms with van der Waals surface area (Å²) >= 11 is 4.70. The molecule has 0 aliphatic heterocycles. The minimum atomic E-state index is -0.122. The molecule has 0 saturated heterocycles. The number of rotatable bonds is 8. The van der Waals surface area contributed by atoms with E-state index in [0.717, 1.165) is 54.2 Å². The Labute approximate surface area is 207 Å². The molecule has 1 unspecified atom stereocenters. The van der Waals surface area contributed by atoms with Crippen LogP contribution in [0.1, 0.15) is 67.5 Å². The van der Waals surface area contributed by atoms with Gasteiger partial charge in [-0.3, -0.25) is 9.36 Å². The molecule has 0 spiro atoms. The van der Waals surface area contributed by atoms with Crippen LogP contribution < -0.4 is 5.32 Å². The largest absolute Gasteiger partial charge is 0.316 e. The lowest BCUT2D eigenvalue weighted by Crippen LogP contribution is -2.15. The Kier molecular flexibility index (Phi) is 7.57. The smallest absolute Gasteiger partial charge is 0.235 e. The van der Waals surface area contributed by atoms with Crippen LogP contribution >= 0.6 is 34.4 Å². The number of anilines is 1. The van der Waals surface area contributed by atoms with Crippen molar-refractivity contribution in [2.75, 3.05) is 11.1 Å². The van der Waals surface area contributed by atoms with Gasteiger partial charge in [0.25, 0.3) is 0 Å². The minimum absolute atomic E-state index is 0.122. The first-order valence-corrected chi connectivity index (χ1v) is 14.1. The summed E-state index contributed by atoms with van der Waals surface area (Å²) in [6.45, 7) is 8.63. The average Bonchev–Trinajstić information content (AvgIpc) is 3.48. The number of thiophene rings is 2. The maximum atomic E-state index is 12.8. The Morgan fingerprint density at radius 2 is 2.24 bits per heavy atom. The van der Waals surface area contributed by atoms with Crippen molar-refractivity contribution in [2.24, 2.45) is 5.92 Å². The van der Waals surface area contributed by atoms with Crippen molar-refractivity contribution in [1.82, 2.24) is 14.8 Å². The second-order valence-corrected chi connectivity index (χ2v) is 11.9. The highest BCUT2D eigenvalue weighted by Crippen LogP contribution is 2.39. The zero-order valence-electron chi connectivity index (χ0n) is 19.5. The van der Waals surface area contributed by atoms with Crippen molar-refractivity contribution in [1.29, 1.82) is 5.26 Å². The Bertz CT molecular complexity index is 1180. The lowest BCUT2D eigenvalue weighted by molar-refractivity contribution is -0.113. The van der Waals surface area contributed by atoms with Crippen LogP contribution in [0.5, 0.6) is 0 Å². The molecule has 4 rings (SSSR count). The first-order valence-electron chi connectivity index (χ1n) is 11.4. The molecule has 1 N–H and O–H groups in total. The highest BCUT2D eigenvalue weighted by Gasteiger charge is 2.25. The first kappa shape index (κ1) is 24.0. The number of aromatic nitrogens is 3. The van der Waals surface area contributed by atoms with Crippen LogP contribution in [0.4, 0.5) is 5.00 Å². The third-order valence-electron chi connectivity index (χ3n) is 5.80. The number of hydrogen-bond donors (Lipinski definition) is 1. The maximum Gasteiger partial charge on any atom is 0.235 e. The summed E-state index contributed by atoms with van der Waals surface area (Å²) in [5.74, 6) is 1.57. The number of amides is 1. The fourth-order valence-electron chi connectivity index (χ4n) is 4.16. The number of hydrogen-bond acceptors (Lipinski definition) is 7. The third-order valence-corrected chi connectivity index (χ3v) is 8.91. The Morgan fingerprint density at radius 1 is 1.42 bits per heavy atom. The molecule has 6 nitrogen and oxygen atoms in total. The minimum Gasteiger partial charge on any atom is -0.316 e. The molecule has 3 aromatic heterocycles. The standard InChI is InChI=1S/C24H29N5OS3/c1-5-6-17-10-16(12-31-17)22-27-28-24(29(22)14(2)3)32-13-21(30)26-23-19(11-25)18-8-7-15(4)9-20(18)33-23/h10,12,14-15H,5-9,13H2,1-4H3,(H,26,30). The van der Waals surface area contributed by atoms with Crippen LogP contribution in [0, 0.1) is 17.2 Å². The lowest BCUT2D eigenvalue weighted by Gasteiger charge is -2.17. The van der Waals surface area contributed by atoms with Crippen LogP contribution in [-0.2, 0) is 24.1 Å². The van der Waals surface area contributed by atoms with E-state index in [1.54, 1.807) is 22.7 Å². The molecule has 1 atom stereocenters. The van der Waals surface area contributed by atoms with Gasteiger partial charge in [0.05, 0.1) is 11.3 Å². The topological polar surface area (TPSA) is 83.6 Å². The van der Waals surface area contributed by atoms with Gasteiger partial charge in [-0.1, -0.05) is 32.0 Å². The number of nitriles is 1. The molecule has 9 heteroatoms. The molecule has 174 valence electrons. The van der Waals surface area contributed by atoms with Crippen LogP contribution in [0.2, 0.25) is 0 Å². The van der Waals surface area contributed by atoms with Gasteiger partial charge < -0.3 is 5.32 Å². The van der Waals surface area contributed by atoms with Crippen LogP contribution in [0.25, 0.3) is 11.4 Å². The zero-order valence-corrected chi connectivity index (χ0v) is 21.9. The van der Waals surface area contributed by atoms with Gasteiger partial charge in [-0.05, 0) is 57.1 Å². The molecule has 0 fully saturated rings. The highest BCUT2D eigenvalue weighted by molar-refractivity contribution is 7.99. The van der Waals surface area contributed by atoms with Gasteiger partial charge in [-0.25, -0.2) is 0 Å². The quantitative estimate of drug-likeness (QED) is 0.366. The van der Waals surface area contributed by atoms with E-state index in [4.69, 9.17) is 0 Å². The molecule has 1 aliphatic rings. The number of carbonyl (C=O) groups is 1. The molecule has 3 aromatic rings. The van der Waals surface area contributed by atoms with Gasteiger partial charge in [0.2, 0.25) is 5.91 Å². The molecule has 0 bridgehead atoms. The molecule has 33 heavy (non-hydrogen) atoms. The molecule has 0 aromatic carbocycles. The number of aryl methyl sites for hydroxylation is 1. The summed E-state index contributed by atoms with van der Waals surface area (Å²) in [6.07, 6.45) is 5.19. The first-order chi connectivity index (χ1) is 15.9. The van der Waals surface area contributed by atoms with E-state index >= 15 is 0 Å². The SMILES string of the molecule is CCCc1cc(-c2nnc(SCC(=O)Nc3sc4c(c3C#N)CCC(C)C4)n2C(C)C)cs1. The molecule has 1 aliphatic carbocycles. The van der Waals surface area contributed by atoms with Crippen molar-refractivity contribution < 1.29 is 4.79 Å². The predicted octanol–water partition coefficient (Wildman–Crippen LogP) is 6.33. The Balaban J connectivity index is 1.47. The van der Waals surface area contributed by atoms with Crippen molar-refractivity contribution in [3.05, 3.63) is 32.3 Å².